The summed E-state index contributed by atoms with van der Waals surface area (Å²) in [5, 5.41) is 0. The number of nitrogens with two attached hydrogens (primary N) is 1. The molecule has 1 fully saturated rings. The van der Waals surface area contributed by atoms with Crippen LogP contribution in [-0.2, 0) is 0 Å². The first-order valence-corrected chi connectivity index (χ1v) is 5.43. The van der Waals surface area contributed by atoms with Crippen molar-refractivity contribution >= 4 is 0 Å². The van der Waals surface area contributed by atoms with Crippen molar-refractivity contribution in [1.82, 2.24) is 4.90 Å². The smallest absolute Gasteiger partial charge is 0.118 e. The molecule has 0 aliphatic carbocycles. The second-order valence-electron chi connectivity index (χ2n) is 3.91. The Kier molecular flexibility index (Phi) is 3.23. The molecular weight excluding hydrogens is 188 g/mol. The first kappa shape index (κ1) is 10.5. The molecule has 1 unspecified atom stereocenters. The first-order valence-electron chi connectivity index (χ1n) is 5.43. The highest BCUT2D eigenvalue weighted by molar-refractivity contribution is 5.29. The number of likely N-dealkylation sites (tertiary alicyclic amines) is 1. The maximum Gasteiger partial charge on any atom is 0.118 e. The van der Waals surface area contributed by atoms with Gasteiger partial charge in [-0.15, -0.1) is 0 Å². The Hall–Kier alpha value is -1.06. The minimum atomic E-state index is 0.379. The number of benzene rings is 1. The Morgan fingerprint density at radius 3 is 2.40 bits per heavy atom. The van der Waals surface area contributed by atoms with E-state index < -0.39 is 0 Å². The second kappa shape index (κ2) is 4.64. The van der Waals surface area contributed by atoms with Gasteiger partial charge in [0.1, 0.15) is 5.75 Å². The average molecular weight is 206 g/mol. The molecule has 0 bridgehead atoms. The summed E-state index contributed by atoms with van der Waals surface area (Å²) in [6.45, 7) is 3.04. The Morgan fingerprint density at radius 2 is 2.00 bits per heavy atom. The van der Waals surface area contributed by atoms with E-state index in [1.54, 1.807) is 7.11 Å². The van der Waals surface area contributed by atoms with Crippen molar-refractivity contribution in [2.75, 3.05) is 26.7 Å². The van der Waals surface area contributed by atoms with E-state index in [-0.39, 0.29) is 0 Å². The molecule has 1 atom stereocenters. The minimum absolute atomic E-state index is 0.379. The maximum absolute atomic E-state index is 5.81. The first-order chi connectivity index (χ1) is 7.35. The van der Waals surface area contributed by atoms with E-state index in [1.807, 2.05) is 12.1 Å². The van der Waals surface area contributed by atoms with Crippen LogP contribution in [0.2, 0.25) is 0 Å². The van der Waals surface area contributed by atoms with Crippen molar-refractivity contribution in [3.8, 4) is 5.75 Å². The zero-order valence-electron chi connectivity index (χ0n) is 9.15. The van der Waals surface area contributed by atoms with Gasteiger partial charge in [0.05, 0.1) is 7.11 Å². The van der Waals surface area contributed by atoms with Crippen LogP contribution in [0.4, 0.5) is 0 Å². The predicted octanol–water partition coefficient (Wildman–Crippen LogP) is 1.40. The van der Waals surface area contributed by atoms with Crippen molar-refractivity contribution in [2.45, 2.75) is 12.5 Å². The van der Waals surface area contributed by atoms with Gasteiger partial charge in [0.25, 0.3) is 0 Å². The average Bonchev–Trinajstić information content (AvgIpc) is 2.23. The molecule has 15 heavy (non-hydrogen) atoms. The van der Waals surface area contributed by atoms with Gasteiger partial charge < -0.3 is 10.5 Å². The molecule has 2 N–H and O–H groups in total. The van der Waals surface area contributed by atoms with Gasteiger partial charge in [-0.25, -0.2) is 0 Å². The molecule has 1 aliphatic rings. The molecule has 0 amide bonds. The molecule has 1 aromatic rings. The lowest BCUT2D eigenvalue weighted by Gasteiger charge is -2.38. The van der Waals surface area contributed by atoms with Crippen LogP contribution in [0.1, 0.15) is 18.0 Å². The molecule has 82 valence electrons. The minimum Gasteiger partial charge on any atom is -0.497 e. The summed E-state index contributed by atoms with van der Waals surface area (Å²) in [6, 6.07) is 8.59. The summed E-state index contributed by atoms with van der Waals surface area (Å²) < 4.78 is 5.14. The Morgan fingerprint density at radius 1 is 1.33 bits per heavy atom. The predicted molar refractivity (Wildman–Crippen MR) is 61.0 cm³/mol. The van der Waals surface area contributed by atoms with E-state index in [0.717, 1.165) is 5.75 Å². The lowest BCUT2D eigenvalue weighted by atomic mass is 10.0. The number of rotatable bonds is 4. The van der Waals surface area contributed by atoms with Gasteiger partial charge in [-0.05, 0) is 24.1 Å². The number of methoxy groups -OCH3 is 1. The highest BCUT2D eigenvalue weighted by Gasteiger charge is 2.23. The normalized spacial score (nSPS) is 18.3. The van der Waals surface area contributed by atoms with Gasteiger partial charge in [-0.2, -0.15) is 0 Å². The molecule has 1 heterocycles. The van der Waals surface area contributed by atoms with E-state index >= 15 is 0 Å². The largest absolute Gasteiger partial charge is 0.497 e. The zero-order valence-corrected chi connectivity index (χ0v) is 9.15. The van der Waals surface area contributed by atoms with Crippen molar-refractivity contribution in [3.05, 3.63) is 29.8 Å². The van der Waals surface area contributed by atoms with Gasteiger partial charge >= 0.3 is 0 Å². The van der Waals surface area contributed by atoms with Crippen molar-refractivity contribution in [3.63, 3.8) is 0 Å². The van der Waals surface area contributed by atoms with Gasteiger partial charge in [0.15, 0.2) is 0 Å². The number of hydrogen-bond acceptors (Lipinski definition) is 3. The fraction of sp³-hybridized carbons (Fsp3) is 0.500. The summed E-state index contributed by atoms with van der Waals surface area (Å²) in [6.07, 6.45) is 1.30. The third-order valence-corrected chi connectivity index (χ3v) is 3.06. The number of nitrogens with zero attached hydrogens (tertiary/aromatic N) is 1. The summed E-state index contributed by atoms with van der Waals surface area (Å²) in [5.41, 5.74) is 7.10. The van der Waals surface area contributed by atoms with Crippen LogP contribution < -0.4 is 10.5 Å². The molecular formula is C12H18N2O. The van der Waals surface area contributed by atoms with Crippen LogP contribution in [-0.4, -0.2) is 31.6 Å². The summed E-state index contributed by atoms with van der Waals surface area (Å²) >= 11 is 0. The molecule has 0 saturated carbocycles. The van der Waals surface area contributed by atoms with E-state index in [1.165, 1.54) is 25.1 Å². The third kappa shape index (κ3) is 2.13. The van der Waals surface area contributed by atoms with Crippen LogP contribution in [0, 0.1) is 0 Å². The molecule has 2 rings (SSSR count). The highest BCUT2D eigenvalue weighted by Crippen LogP contribution is 2.25. The Bertz CT molecular complexity index is 306. The van der Waals surface area contributed by atoms with Gasteiger partial charge in [-0.1, -0.05) is 12.1 Å². The molecule has 0 radical (unpaired) electrons. The highest BCUT2D eigenvalue weighted by atomic mass is 16.5. The van der Waals surface area contributed by atoms with E-state index in [2.05, 4.69) is 17.0 Å². The monoisotopic (exact) mass is 206 g/mol. The lowest BCUT2D eigenvalue weighted by Crippen LogP contribution is -2.43. The van der Waals surface area contributed by atoms with Gasteiger partial charge in [0, 0.05) is 25.7 Å². The summed E-state index contributed by atoms with van der Waals surface area (Å²) in [5.74, 6) is 0.901. The third-order valence-electron chi connectivity index (χ3n) is 3.06. The molecule has 0 spiro atoms. The zero-order chi connectivity index (χ0) is 10.7. The number of ether oxygens (including phenoxy) is 1. The molecule has 1 saturated heterocycles. The molecule has 1 aliphatic heterocycles. The fourth-order valence-electron chi connectivity index (χ4n) is 1.97. The van der Waals surface area contributed by atoms with Crippen LogP contribution in [0.15, 0.2) is 24.3 Å². The van der Waals surface area contributed by atoms with E-state index in [4.69, 9.17) is 10.5 Å². The Labute approximate surface area is 90.8 Å². The molecule has 3 heteroatoms. The fourth-order valence-corrected chi connectivity index (χ4v) is 1.97. The van der Waals surface area contributed by atoms with Crippen LogP contribution >= 0.6 is 0 Å². The van der Waals surface area contributed by atoms with Crippen LogP contribution in [0.3, 0.4) is 0 Å². The van der Waals surface area contributed by atoms with Gasteiger partial charge in [0.2, 0.25) is 0 Å². The topological polar surface area (TPSA) is 38.5 Å². The van der Waals surface area contributed by atoms with Crippen molar-refractivity contribution in [2.24, 2.45) is 5.73 Å². The molecule has 0 aromatic heterocycles. The van der Waals surface area contributed by atoms with Crippen LogP contribution in [0.5, 0.6) is 5.75 Å². The van der Waals surface area contributed by atoms with Crippen molar-refractivity contribution < 1.29 is 4.74 Å². The maximum atomic E-state index is 5.81. The lowest BCUT2D eigenvalue weighted by molar-refractivity contribution is 0.122. The Balaban J connectivity index is 2.11. The molecule has 3 nitrogen and oxygen atoms in total. The standard InChI is InChI=1S/C12H18N2O/c1-15-11-5-3-10(4-6-11)12(9-13)14-7-2-8-14/h3-6,12H,2,7-9,13H2,1H3. The molecule has 1 aromatic carbocycles. The van der Waals surface area contributed by atoms with E-state index in [9.17, 15) is 0 Å². The summed E-state index contributed by atoms with van der Waals surface area (Å²) in [4.78, 5) is 2.42. The SMILES string of the molecule is COc1ccc(C(CN)N2CCC2)cc1. The number of hydrogen-bond donors (Lipinski definition) is 1. The second-order valence-corrected chi connectivity index (χ2v) is 3.91. The van der Waals surface area contributed by atoms with Crippen LogP contribution in [0.25, 0.3) is 0 Å². The summed E-state index contributed by atoms with van der Waals surface area (Å²) in [7, 11) is 1.69. The van der Waals surface area contributed by atoms with Crippen molar-refractivity contribution in [1.29, 1.82) is 0 Å². The van der Waals surface area contributed by atoms with Gasteiger partial charge in [-0.3, -0.25) is 4.90 Å². The van der Waals surface area contributed by atoms with E-state index in [0.29, 0.717) is 12.6 Å². The quantitative estimate of drug-likeness (QED) is 0.809.